The molecule has 1 saturated carbocycles. The molecular formula is C28H29N5O. The first-order valence-corrected chi connectivity index (χ1v) is 12.2. The zero-order valence-corrected chi connectivity index (χ0v) is 20.0. The fourth-order valence-corrected chi connectivity index (χ4v) is 5.19. The van der Waals surface area contributed by atoms with Gasteiger partial charge in [-0.3, -0.25) is 4.79 Å². The van der Waals surface area contributed by atoms with Crippen LogP contribution in [0.3, 0.4) is 0 Å². The smallest absolute Gasteiger partial charge is 0.255 e. The number of hydrogen-bond acceptors (Lipinski definition) is 4. The minimum absolute atomic E-state index is 0.0821. The van der Waals surface area contributed by atoms with Gasteiger partial charge in [-0.1, -0.05) is 24.3 Å². The second-order valence-corrected chi connectivity index (χ2v) is 9.75. The van der Waals surface area contributed by atoms with Gasteiger partial charge in [0.25, 0.3) is 5.91 Å². The minimum atomic E-state index is 0.0821. The van der Waals surface area contributed by atoms with Crippen LogP contribution in [0.4, 0.5) is 0 Å². The molecule has 1 aromatic carbocycles. The summed E-state index contributed by atoms with van der Waals surface area (Å²) in [6, 6.07) is 14.5. The van der Waals surface area contributed by atoms with Crippen molar-refractivity contribution >= 4 is 16.9 Å². The molecule has 0 radical (unpaired) electrons. The number of hydrogen-bond donors (Lipinski definition) is 0. The third-order valence-electron chi connectivity index (χ3n) is 7.35. The van der Waals surface area contributed by atoms with Gasteiger partial charge in [0.15, 0.2) is 11.5 Å². The number of carbonyl (C=O) groups is 1. The zero-order valence-electron chi connectivity index (χ0n) is 20.0. The number of fused-ring (bicyclic) bond motifs is 1. The van der Waals surface area contributed by atoms with Gasteiger partial charge in [0, 0.05) is 24.4 Å². The maximum atomic E-state index is 14.1. The van der Waals surface area contributed by atoms with Crippen LogP contribution in [0.15, 0.2) is 48.7 Å². The molecule has 0 spiro atoms. The average molecular weight is 452 g/mol. The van der Waals surface area contributed by atoms with Crippen LogP contribution in [0.1, 0.15) is 76.1 Å². The van der Waals surface area contributed by atoms with Crippen molar-refractivity contribution in [1.82, 2.24) is 24.6 Å². The van der Waals surface area contributed by atoms with Crippen molar-refractivity contribution in [1.29, 1.82) is 0 Å². The van der Waals surface area contributed by atoms with Crippen molar-refractivity contribution < 1.29 is 4.79 Å². The molecule has 0 N–H and O–H groups in total. The van der Waals surface area contributed by atoms with Crippen molar-refractivity contribution in [3.63, 3.8) is 0 Å². The van der Waals surface area contributed by atoms with Crippen LogP contribution in [0.25, 0.3) is 16.9 Å². The van der Waals surface area contributed by atoms with Gasteiger partial charge in [-0.2, -0.15) is 9.78 Å². The predicted molar refractivity (Wildman–Crippen MR) is 132 cm³/mol. The monoisotopic (exact) mass is 451 g/mol. The van der Waals surface area contributed by atoms with E-state index in [0.717, 1.165) is 60.2 Å². The highest BCUT2D eigenvalue weighted by Crippen LogP contribution is 2.42. The van der Waals surface area contributed by atoms with E-state index in [1.807, 2.05) is 31.2 Å². The Morgan fingerprint density at radius 1 is 1.00 bits per heavy atom. The molecule has 34 heavy (non-hydrogen) atoms. The summed E-state index contributed by atoms with van der Waals surface area (Å²) in [5, 5.41) is 5.61. The van der Waals surface area contributed by atoms with Crippen LogP contribution in [-0.4, -0.2) is 37.1 Å². The van der Waals surface area contributed by atoms with Crippen LogP contribution in [0, 0.1) is 20.8 Å². The van der Waals surface area contributed by atoms with Gasteiger partial charge in [0.2, 0.25) is 0 Å². The Bertz CT molecular complexity index is 1400. The fourth-order valence-electron chi connectivity index (χ4n) is 5.19. The molecular weight excluding hydrogens is 422 g/mol. The number of carbonyl (C=O) groups excluding carboxylic acids is 1. The van der Waals surface area contributed by atoms with E-state index < -0.39 is 0 Å². The molecule has 1 saturated heterocycles. The molecule has 3 aromatic heterocycles. The Kier molecular flexibility index (Phi) is 4.97. The van der Waals surface area contributed by atoms with Crippen LogP contribution in [0.2, 0.25) is 0 Å². The molecule has 1 aliphatic heterocycles. The van der Waals surface area contributed by atoms with Crippen molar-refractivity contribution in [2.75, 3.05) is 6.54 Å². The lowest BCUT2D eigenvalue weighted by molar-refractivity contribution is 0.0737. The Morgan fingerprint density at radius 2 is 1.85 bits per heavy atom. The van der Waals surface area contributed by atoms with Gasteiger partial charge in [-0.25, -0.2) is 9.97 Å². The Labute approximate surface area is 199 Å². The highest BCUT2D eigenvalue weighted by molar-refractivity contribution is 6.07. The van der Waals surface area contributed by atoms with E-state index in [-0.39, 0.29) is 11.9 Å². The Balaban J connectivity index is 1.48. The summed E-state index contributed by atoms with van der Waals surface area (Å²) in [5.41, 5.74) is 7.03. The molecule has 0 bridgehead atoms. The number of likely N-dealkylation sites (tertiary alicyclic amines) is 1. The standard InChI is InChI=1S/C28H29N5O/c1-17-9-10-21(15-18(17)2)24-7-6-14-32(24)28(34)22-16-23(20-11-12-20)30-27-26(22)19(3)31-33(27)25-8-4-5-13-29-25/h4-5,8-10,13,15-16,20,24H,6-7,11-12,14H2,1-3H3. The lowest BCUT2D eigenvalue weighted by Gasteiger charge is -2.26. The Morgan fingerprint density at radius 3 is 2.59 bits per heavy atom. The van der Waals surface area contributed by atoms with Gasteiger partial charge in [-0.05, 0) is 81.3 Å². The van der Waals surface area contributed by atoms with Crippen LogP contribution >= 0.6 is 0 Å². The average Bonchev–Trinajstić information content (AvgIpc) is 3.50. The number of pyridine rings is 2. The normalized spacial score (nSPS) is 18.1. The number of rotatable bonds is 4. The number of amides is 1. The second kappa shape index (κ2) is 8.05. The summed E-state index contributed by atoms with van der Waals surface area (Å²) < 4.78 is 1.79. The second-order valence-electron chi connectivity index (χ2n) is 9.75. The summed E-state index contributed by atoms with van der Waals surface area (Å²) in [6.45, 7) is 7.00. The lowest BCUT2D eigenvalue weighted by atomic mass is 9.98. The third-order valence-corrected chi connectivity index (χ3v) is 7.35. The van der Waals surface area contributed by atoms with Gasteiger partial charge >= 0.3 is 0 Å². The topological polar surface area (TPSA) is 63.9 Å². The molecule has 1 unspecified atom stereocenters. The molecule has 4 aromatic rings. The van der Waals surface area contributed by atoms with E-state index in [4.69, 9.17) is 10.1 Å². The first-order chi connectivity index (χ1) is 16.5. The first kappa shape index (κ1) is 21.0. The van der Waals surface area contributed by atoms with Gasteiger partial charge in [0.1, 0.15) is 0 Å². The molecule has 172 valence electrons. The van der Waals surface area contributed by atoms with Crippen molar-refractivity contribution in [2.45, 2.75) is 58.4 Å². The van der Waals surface area contributed by atoms with E-state index >= 15 is 0 Å². The number of aromatic nitrogens is 4. The summed E-state index contributed by atoms with van der Waals surface area (Å²) in [4.78, 5) is 25.7. The molecule has 2 fully saturated rings. The largest absolute Gasteiger partial charge is 0.332 e. The van der Waals surface area contributed by atoms with Gasteiger partial charge in [0.05, 0.1) is 22.7 Å². The maximum Gasteiger partial charge on any atom is 0.255 e. The number of nitrogens with zero attached hydrogens (tertiary/aromatic N) is 5. The third kappa shape index (κ3) is 3.49. The highest BCUT2D eigenvalue weighted by atomic mass is 16.2. The van der Waals surface area contributed by atoms with Crippen LogP contribution in [-0.2, 0) is 0 Å². The Hall–Kier alpha value is -3.54. The summed E-state index contributed by atoms with van der Waals surface area (Å²) in [7, 11) is 0. The zero-order chi connectivity index (χ0) is 23.4. The molecule has 6 heteroatoms. The van der Waals surface area contributed by atoms with E-state index in [1.165, 1.54) is 16.7 Å². The van der Waals surface area contributed by atoms with Crippen molar-refractivity contribution in [3.05, 3.63) is 82.3 Å². The number of benzene rings is 1. The maximum absolute atomic E-state index is 14.1. The van der Waals surface area contributed by atoms with Crippen molar-refractivity contribution in [3.8, 4) is 5.82 Å². The molecule has 2 aliphatic rings. The minimum Gasteiger partial charge on any atom is -0.332 e. The lowest BCUT2D eigenvalue weighted by Crippen LogP contribution is -2.31. The fraction of sp³-hybridized carbons (Fsp3) is 0.357. The molecule has 6 rings (SSSR count). The van der Waals surface area contributed by atoms with Crippen LogP contribution < -0.4 is 0 Å². The summed E-state index contributed by atoms with van der Waals surface area (Å²) in [5.74, 6) is 1.23. The molecule has 4 heterocycles. The summed E-state index contributed by atoms with van der Waals surface area (Å²) >= 11 is 0. The van der Waals surface area contributed by atoms with Gasteiger partial charge < -0.3 is 4.90 Å². The van der Waals surface area contributed by atoms with E-state index in [2.05, 4.69) is 41.9 Å². The quantitative estimate of drug-likeness (QED) is 0.405. The van der Waals surface area contributed by atoms with Crippen molar-refractivity contribution in [2.24, 2.45) is 0 Å². The molecule has 6 nitrogen and oxygen atoms in total. The predicted octanol–water partition coefficient (Wildman–Crippen LogP) is 5.60. The highest BCUT2D eigenvalue weighted by Gasteiger charge is 2.34. The van der Waals surface area contributed by atoms with Crippen LogP contribution in [0.5, 0.6) is 0 Å². The molecule has 1 atom stereocenters. The van der Waals surface area contributed by atoms with E-state index in [0.29, 0.717) is 11.7 Å². The van der Waals surface area contributed by atoms with E-state index in [1.54, 1.807) is 10.9 Å². The molecule has 1 amide bonds. The van der Waals surface area contributed by atoms with E-state index in [9.17, 15) is 4.79 Å². The number of aryl methyl sites for hydroxylation is 3. The van der Waals surface area contributed by atoms with Gasteiger partial charge in [-0.15, -0.1) is 0 Å². The molecule has 1 aliphatic carbocycles. The first-order valence-electron chi connectivity index (χ1n) is 12.2. The SMILES string of the molecule is Cc1ccc(C2CCCN2C(=O)c2cc(C3CC3)nc3c2c(C)nn3-c2ccccn2)cc1C. The summed E-state index contributed by atoms with van der Waals surface area (Å²) in [6.07, 6.45) is 6.01.